The summed E-state index contributed by atoms with van der Waals surface area (Å²) in [4.78, 5) is 0. The van der Waals surface area contributed by atoms with Crippen LogP contribution in [0.25, 0.3) is 118 Å². The van der Waals surface area contributed by atoms with Crippen molar-refractivity contribution in [1.29, 1.82) is 0 Å². The molecule has 1 aliphatic carbocycles. The zero-order valence-electron chi connectivity index (χ0n) is 48.0. The minimum atomic E-state index is 0.0775. The van der Waals surface area contributed by atoms with Gasteiger partial charge in [0.1, 0.15) is 0 Å². The molecule has 0 amide bonds. The van der Waals surface area contributed by atoms with Crippen molar-refractivity contribution in [3.63, 3.8) is 0 Å². The van der Waals surface area contributed by atoms with Gasteiger partial charge in [-0.1, -0.05) is 217 Å². The molecule has 2 heteroatoms. The summed E-state index contributed by atoms with van der Waals surface area (Å²) in [5.74, 6) is 0. The Bertz CT molecular complexity index is 4070. The van der Waals surface area contributed by atoms with Gasteiger partial charge in [0.25, 0.3) is 0 Å². The Labute approximate surface area is 476 Å². The Balaban J connectivity index is 0.950. The number of benzene rings is 10. The average molecular weight is 1060 g/mol. The van der Waals surface area contributed by atoms with Crippen LogP contribution in [0.1, 0.15) is 116 Å². The Hall–Kier alpha value is -7.36. The fourth-order valence-corrected chi connectivity index (χ4v) is 14.4. The van der Waals surface area contributed by atoms with E-state index in [1.54, 1.807) is 0 Å². The van der Waals surface area contributed by atoms with Crippen molar-refractivity contribution in [2.45, 2.75) is 111 Å². The van der Waals surface area contributed by atoms with Gasteiger partial charge >= 0.3 is 0 Å². The van der Waals surface area contributed by atoms with Crippen molar-refractivity contribution < 1.29 is 0 Å². The lowest BCUT2D eigenvalue weighted by atomic mass is 9.85. The molecule has 0 radical (unpaired) electrons. The van der Waals surface area contributed by atoms with Crippen LogP contribution in [0.15, 0.2) is 194 Å². The highest BCUT2D eigenvalue weighted by molar-refractivity contribution is 7.26. The van der Waals surface area contributed by atoms with E-state index in [9.17, 15) is 0 Å². The van der Waals surface area contributed by atoms with Gasteiger partial charge in [-0.25, -0.2) is 0 Å². The first-order chi connectivity index (χ1) is 37.6. The van der Waals surface area contributed by atoms with E-state index in [1.807, 2.05) is 22.7 Å². The quantitative estimate of drug-likeness (QED) is 0.156. The molecular formula is C77H70S2. The summed E-state index contributed by atoms with van der Waals surface area (Å²) >= 11 is 3.85. The molecule has 0 fully saturated rings. The smallest absolute Gasteiger partial charge is 0.0434 e. The van der Waals surface area contributed by atoms with Gasteiger partial charge < -0.3 is 0 Å². The van der Waals surface area contributed by atoms with E-state index < -0.39 is 0 Å². The summed E-state index contributed by atoms with van der Waals surface area (Å²) in [7, 11) is 0. The molecular weight excluding hydrogens is 989 g/mol. The van der Waals surface area contributed by atoms with Crippen LogP contribution in [-0.4, -0.2) is 0 Å². The zero-order valence-corrected chi connectivity index (χ0v) is 49.6. The molecule has 79 heavy (non-hydrogen) atoms. The van der Waals surface area contributed by atoms with Crippen LogP contribution in [0, 0.1) is 0 Å². The molecule has 0 spiro atoms. The van der Waals surface area contributed by atoms with Crippen LogP contribution in [0.3, 0.4) is 0 Å². The highest BCUT2D eigenvalue weighted by Crippen LogP contribution is 2.49. The molecule has 0 unspecified atom stereocenters. The topological polar surface area (TPSA) is 0 Å². The molecule has 0 nitrogen and oxygen atoms in total. The predicted octanol–water partition coefficient (Wildman–Crippen LogP) is 23.2. The van der Waals surface area contributed by atoms with Crippen molar-refractivity contribution in [2.75, 3.05) is 0 Å². The second-order valence-corrected chi connectivity index (χ2v) is 28.8. The van der Waals surface area contributed by atoms with E-state index in [2.05, 4.69) is 277 Å². The summed E-state index contributed by atoms with van der Waals surface area (Å²) < 4.78 is 5.30. The first kappa shape index (κ1) is 51.1. The first-order valence-corrected chi connectivity index (χ1v) is 30.0. The van der Waals surface area contributed by atoms with Crippen molar-refractivity contribution in [2.24, 2.45) is 0 Å². The third kappa shape index (κ3) is 9.35. The number of fused-ring (bicyclic) bond motifs is 9. The van der Waals surface area contributed by atoms with Gasteiger partial charge in [-0.3, -0.25) is 0 Å². The normalized spacial score (nSPS) is 13.0. The second-order valence-electron chi connectivity index (χ2n) is 26.7. The Kier molecular flexibility index (Phi) is 12.0. The number of thiophene rings is 2. The molecule has 0 saturated carbocycles. The second kappa shape index (κ2) is 18.6. The number of rotatable bonds is 6. The minimum Gasteiger partial charge on any atom is -0.135 e. The maximum absolute atomic E-state index is 2.51. The molecule has 0 N–H and O–H groups in total. The molecule has 0 bridgehead atoms. The Morgan fingerprint density at radius 2 is 0.506 bits per heavy atom. The predicted molar refractivity (Wildman–Crippen MR) is 348 cm³/mol. The molecule has 0 aliphatic heterocycles. The van der Waals surface area contributed by atoms with Gasteiger partial charge in [0.2, 0.25) is 0 Å². The number of hydrogen-bond acceptors (Lipinski definition) is 2. The molecule has 2 aromatic heterocycles. The van der Waals surface area contributed by atoms with Crippen molar-refractivity contribution in [3.8, 4) is 77.9 Å². The van der Waals surface area contributed by atoms with Gasteiger partial charge in [0, 0.05) is 51.5 Å². The first-order valence-electron chi connectivity index (χ1n) is 28.3. The van der Waals surface area contributed by atoms with E-state index in [-0.39, 0.29) is 21.7 Å². The van der Waals surface area contributed by atoms with Gasteiger partial charge in [-0.2, -0.15) is 0 Å². The molecule has 0 atom stereocenters. The standard InChI is InChI=1S/C77H70S2/c1-74(2,3)58-27-17-46(18-28-58)50-25-35-70-66(38-50)68-44-56(48-21-31-60(32-22-48)76(7,8)9)42-64(72(68)78-70)54-15-13-52-37-53-14-16-55(41-63(53)62(52)40-54)65-43-57(49-23-33-61(34-24-49)77(10,11)12)45-69-67-39-51(26-36-71(67)79-73(65)69)47-19-29-59(30-20-47)75(4,5)6/h13-36,38-45H,37H2,1-12H3. The van der Waals surface area contributed by atoms with Crippen LogP contribution in [-0.2, 0) is 28.1 Å². The summed E-state index contributed by atoms with van der Waals surface area (Å²) in [6.45, 7) is 27.5. The van der Waals surface area contributed by atoms with Crippen LogP contribution in [0.5, 0.6) is 0 Å². The molecule has 1 aliphatic rings. The zero-order chi connectivity index (χ0) is 54.9. The Morgan fingerprint density at radius 1 is 0.241 bits per heavy atom. The fourth-order valence-electron chi connectivity index (χ4n) is 12.0. The average Bonchev–Trinajstić information content (AvgIpc) is 4.35. The van der Waals surface area contributed by atoms with Crippen molar-refractivity contribution in [3.05, 3.63) is 228 Å². The van der Waals surface area contributed by atoms with Crippen LogP contribution < -0.4 is 0 Å². The van der Waals surface area contributed by atoms with Gasteiger partial charge in [0.05, 0.1) is 0 Å². The lowest BCUT2D eigenvalue weighted by molar-refractivity contribution is 0.590. The molecule has 2 heterocycles. The summed E-state index contributed by atoms with van der Waals surface area (Å²) in [5.41, 5.74) is 26.3. The van der Waals surface area contributed by atoms with Gasteiger partial charge in [0.15, 0.2) is 0 Å². The highest BCUT2D eigenvalue weighted by Gasteiger charge is 2.25. The maximum atomic E-state index is 2.51. The largest absolute Gasteiger partial charge is 0.135 e. The van der Waals surface area contributed by atoms with Crippen LogP contribution >= 0.6 is 22.7 Å². The van der Waals surface area contributed by atoms with E-state index in [4.69, 9.17) is 0 Å². The van der Waals surface area contributed by atoms with E-state index in [1.165, 1.54) is 152 Å². The molecule has 13 rings (SSSR count). The minimum absolute atomic E-state index is 0.0775. The maximum Gasteiger partial charge on any atom is 0.0434 e. The molecule has 0 saturated heterocycles. The van der Waals surface area contributed by atoms with Crippen molar-refractivity contribution in [1.82, 2.24) is 0 Å². The lowest BCUT2D eigenvalue weighted by Gasteiger charge is -2.19. The SMILES string of the molecule is CC(C)(C)c1ccc(-c2ccc3sc4c(-c5ccc6c(c5)-c5cc(-c7cc(-c8ccc(C(C)(C)C)cc8)cc8c7sc7ccc(-c9ccc(C(C)(C)C)cc9)cc78)ccc5C6)cc(-c5ccc(C(C)(C)C)cc5)cc4c3c2)cc1. The Morgan fingerprint density at radius 3 is 0.823 bits per heavy atom. The van der Waals surface area contributed by atoms with Gasteiger partial charge in [-0.05, 0) is 189 Å². The molecule has 10 aromatic carbocycles. The summed E-state index contributed by atoms with van der Waals surface area (Å²) in [6.07, 6.45) is 0.932. The van der Waals surface area contributed by atoms with Crippen molar-refractivity contribution >= 4 is 63.0 Å². The summed E-state index contributed by atoms with van der Waals surface area (Å²) in [6, 6.07) is 75.7. The monoisotopic (exact) mass is 1060 g/mol. The van der Waals surface area contributed by atoms with Crippen LogP contribution in [0.4, 0.5) is 0 Å². The van der Waals surface area contributed by atoms with E-state index >= 15 is 0 Å². The summed E-state index contributed by atoms with van der Waals surface area (Å²) in [5, 5.41) is 5.26. The third-order valence-corrected chi connectivity index (χ3v) is 19.4. The van der Waals surface area contributed by atoms with Gasteiger partial charge in [-0.15, -0.1) is 22.7 Å². The van der Waals surface area contributed by atoms with E-state index in [0.29, 0.717) is 0 Å². The molecule has 12 aromatic rings. The third-order valence-electron chi connectivity index (χ3n) is 17.0. The van der Waals surface area contributed by atoms with E-state index in [0.717, 1.165) is 6.42 Å². The highest BCUT2D eigenvalue weighted by atomic mass is 32.1. The molecule has 390 valence electrons. The lowest BCUT2D eigenvalue weighted by Crippen LogP contribution is -2.10. The van der Waals surface area contributed by atoms with Crippen LogP contribution in [0.2, 0.25) is 0 Å². The fraction of sp³-hybridized carbons (Fsp3) is 0.221. The number of hydrogen-bond donors (Lipinski definition) is 0.